The van der Waals surface area contributed by atoms with E-state index in [1.807, 2.05) is 6.92 Å². The number of aromatic nitrogens is 1. The van der Waals surface area contributed by atoms with Crippen LogP contribution in [0.3, 0.4) is 0 Å². The molecule has 1 heterocycles. The molecule has 0 aromatic carbocycles. The second-order valence-electron chi connectivity index (χ2n) is 3.96. The average Bonchev–Trinajstić information content (AvgIpc) is 2.07. The molecular formula is C11H18N2. The van der Waals surface area contributed by atoms with Crippen LogP contribution < -0.4 is 5.73 Å². The van der Waals surface area contributed by atoms with Gasteiger partial charge in [0.2, 0.25) is 0 Å². The van der Waals surface area contributed by atoms with Gasteiger partial charge in [0.25, 0.3) is 0 Å². The molecule has 0 fully saturated rings. The van der Waals surface area contributed by atoms with Crippen LogP contribution in [0.4, 0.5) is 5.69 Å². The van der Waals surface area contributed by atoms with Crippen LogP contribution in [-0.4, -0.2) is 4.98 Å². The van der Waals surface area contributed by atoms with Gasteiger partial charge in [-0.3, -0.25) is 4.98 Å². The summed E-state index contributed by atoms with van der Waals surface area (Å²) in [5, 5.41) is 0. The van der Waals surface area contributed by atoms with Crippen molar-refractivity contribution in [3.05, 3.63) is 23.5 Å². The molecule has 1 aromatic rings. The Morgan fingerprint density at radius 2 is 2.15 bits per heavy atom. The summed E-state index contributed by atoms with van der Waals surface area (Å²) in [5.74, 6) is 0.736. The van der Waals surface area contributed by atoms with E-state index in [0.29, 0.717) is 0 Å². The SMILES string of the molecule is Cc1cc(CCC(C)C)ncc1N. The van der Waals surface area contributed by atoms with Crippen molar-refractivity contribution in [2.45, 2.75) is 33.6 Å². The predicted molar refractivity (Wildman–Crippen MR) is 56.5 cm³/mol. The number of nitrogen functional groups attached to an aromatic ring is 1. The zero-order valence-electron chi connectivity index (χ0n) is 8.67. The van der Waals surface area contributed by atoms with Crippen molar-refractivity contribution in [1.82, 2.24) is 4.98 Å². The van der Waals surface area contributed by atoms with Crippen LogP contribution in [0.25, 0.3) is 0 Å². The summed E-state index contributed by atoms with van der Waals surface area (Å²) in [4.78, 5) is 4.29. The lowest BCUT2D eigenvalue weighted by Crippen LogP contribution is -1.98. The minimum Gasteiger partial charge on any atom is -0.397 e. The summed E-state index contributed by atoms with van der Waals surface area (Å²) in [6, 6.07) is 2.08. The van der Waals surface area contributed by atoms with Crippen LogP contribution in [0.15, 0.2) is 12.3 Å². The third-order valence-electron chi connectivity index (χ3n) is 2.19. The first-order chi connectivity index (χ1) is 6.09. The zero-order chi connectivity index (χ0) is 9.84. The van der Waals surface area contributed by atoms with Crippen LogP contribution in [0.5, 0.6) is 0 Å². The first kappa shape index (κ1) is 10.0. The van der Waals surface area contributed by atoms with E-state index in [-0.39, 0.29) is 0 Å². The average molecular weight is 178 g/mol. The maximum absolute atomic E-state index is 5.68. The third-order valence-corrected chi connectivity index (χ3v) is 2.19. The molecule has 1 aromatic heterocycles. The van der Waals surface area contributed by atoms with E-state index >= 15 is 0 Å². The highest BCUT2D eigenvalue weighted by molar-refractivity contribution is 5.44. The summed E-state index contributed by atoms with van der Waals surface area (Å²) in [7, 11) is 0. The van der Waals surface area contributed by atoms with Crippen LogP contribution in [0.1, 0.15) is 31.5 Å². The van der Waals surface area contributed by atoms with E-state index in [1.54, 1.807) is 6.20 Å². The molecule has 0 aliphatic carbocycles. The fraction of sp³-hybridized carbons (Fsp3) is 0.545. The van der Waals surface area contributed by atoms with Gasteiger partial charge in [-0.05, 0) is 37.3 Å². The van der Waals surface area contributed by atoms with Crippen molar-refractivity contribution in [2.75, 3.05) is 5.73 Å². The minimum atomic E-state index is 0.736. The number of nitrogens with zero attached hydrogens (tertiary/aromatic N) is 1. The van der Waals surface area contributed by atoms with Crippen LogP contribution in [0.2, 0.25) is 0 Å². The van der Waals surface area contributed by atoms with Crippen molar-refractivity contribution in [2.24, 2.45) is 5.92 Å². The number of hydrogen-bond donors (Lipinski definition) is 1. The molecule has 0 spiro atoms. The van der Waals surface area contributed by atoms with E-state index in [4.69, 9.17) is 5.73 Å². The van der Waals surface area contributed by atoms with Crippen molar-refractivity contribution < 1.29 is 0 Å². The highest BCUT2D eigenvalue weighted by Gasteiger charge is 2.00. The van der Waals surface area contributed by atoms with E-state index in [1.165, 1.54) is 6.42 Å². The third kappa shape index (κ3) is 3.05. The van der Waals surface area contributed by atoms with Gasteiger partial charge in [0.05, 0.1) is 11.9 Å². The van der Waals surface area contributed by atoms with Gasteiger partial charge in [-0.2, -0.15) is 0 Å². The standard InChI is InChI=1S/C11H18N2/c1-8(2)4-5-10-6-9(3)11(12)7-13-10/h6-8H,4-5,12H2,1-3H3. The Bertz CT molecular complexity index is 279. The summed E-state index contributed by atoms with van der Waals surface area (Å²) in [6.07, 6.45) is 4.00. The number of pyridine rings is 1. The first-order valence-corrected chi connectivity index (χ1v) is 4.80. The summed E-state index contributed by atoms with van der Waals surface area (Å²) in [6.45, 7) is 6.48. The quantitative estimate of drug-likeness (QED) is 0.772. The molecule has 13 heavy (non-hydrogen) atoms. The Hall–Kier alpha value is -1.05. The molecule has 2 heteroatoms. The van der Waals surface area contributed by atoms with Crippen LogP contribution in [-0.2, 0) is 6.42 Å². The Morgan fingerprint density at radius 3 is 2.69 bits per heavy atom. The maximum Gasteiger partial charge on any atom is 0.0530 e. The topological polar surface area (TPSA) is 38.9 Å². The zero-order valence-corrected chi connectivity index (χ0v) is 8.67. The molecule has 0 amide bonds. The Labute approximate surface area is 80.2 Å². The highest BCUT2D eigenvalue weighted by Crippen LogP contribution is 2.12. The molecule has 0 saturated carbocycles. The molecule has 72 valence electrons. The summed E-state index contributed by atoms with van der Waals surface area (Å²) < 4.78 is 0. The van der Waals surface area contributed by atoms with Gasteiger partial charge in [0, 0.05) is 5.69 Å². The molecule has 0 aliphatic heterocycles. The second-order valence-corrected chi connectivity index (χ2v) is 3.96. The molecule has 0 bridgehead atoms. The van der Waals surface area contributed by atoms with E-state index in [2.05, 4.69) is 24.9 Å². The first-order valence-electron chi connectivity index (χ1n) is 4.80. The summed E-state index contributed by atoms with van der Waals surface area (Å²) >= 11 is 0. The fourth-order valence-electron chi connectivity index (χ4n) is 1.20. The second kappa shape index (κ2) is 4.26. The van der Waals surface area contributed by atoms with Crippen molar-refractivity contribution in [3.8, 4) is 0 Å². The highest BCUT2D eigenvalue weighted by atomic mass is 14.7. The van der Waals surface area contributed by atoms with E-state index in [9.17, 15) is 0 Å². The lowest BCUT2D eigenvalue weighted by molar-refractivity contribution is 0.581. The predicted octanol–water partition coefficient (Wildman–Crippen LogP) is 2.56. The number of nitrogens with two attached hydrogens (primary N) is 1. The summed E-state index contributed by atoms with van der Waals surface area (Å²) in [5.41, 5.74) is 8.75. The lowest BCUT2D eigenvalue weighted by Gasteiger charge is -2.05. The van der Waals surface area contributed by atoms with E-state index < -0.39 is 0 Å². The molecule has 0 atom stereocenters. The van der Waals surface area contributed by atoms with Crippen molar-refractivity contribution in [3.63, 3.8) is 0 Å². The molecule has 2 nitrogen and oxygen atoms in total. The minimum absolute atomic E-state index is 0.736. The van der Waals surface area contributed by atoms with Crippen LogP contribution in [0, 0.1) is 12.8 Å². The number of rotatable bonds is 3. The van der Waals surface area contributed by atoms with Gasteiger partial charge < -0.3 is 5.73 Å². The van der Waals surface area contributed by atoms with Crippen LogP contribution >= 0.6 is 0 Å². The number of aryl methyl sites for hydroxylation is 2. The maximum atomic E-state index is 5.68. The molecule has 0 aliphatic rings. The fourth-order valence-corrected chi connectivity index (χ4v) is 1.20. The molecule has 0 unspecified atom stereocenters. The monoisotopic (exact) mass is 178 g/mol. The molecule has 0 radical (unpaired) electrons. The Balaban J connectivity index is 2.63. The Morgan fingerprint density at radius 1 is 1.46 bits per heavy atom. The van der Waals surface area contributed by atoms with Gasteiger partial charge in [-0.25, -0.2) is 0 Å². The van der Waals surface area contributed by atoms with Gasteiger partial charge in [-0.1, -0.05) is 13.8 Å². The van der Waals surface area contributed by atoms with Gasteiger partial charge >= 0.3 is 0 Å². The van der Waals surface area contributed by atoms with E-state index in [0.717, 1.165) is 29.3 Å². The molecule has 1 rings (SSSR count). The smallest absolute Gasteiger partial charge is 0.0530 e. The van der Waals surface area contributed by atoms with Crippen molar-refractivity contribution >= 4 is 5.69 Å². The van der Waals surface area contributed by atoms with Gasteiger partial charge in [0.15, 0.2) is 0 Å². The molecule has 0 saturated heterocycles. The molecular weight excluding hydrogens is 160 g/mol. The Kier molecular flexibility index (Phi) is 3.29. The largest absolute Gasteiger partial charge is 0.397 e. The van der Waals surface area contributed by atoms with Gasteiger partial charge in [-0.15, -0.1) is 0 Å². The van der Waals surface area contributed by atoms with Gasteiger partial charge in [0.1, 0.15) is 0 Å². The number of anilines is 1. The number of hydrogen-bond acceptors (Lipinski definition) is 2. The normalized spacial score (nSPS) is 10.8. The van der Waals surface area contributed by atoms with Crippen molar-refractivity contribution in [1.29, 1.82) is 0 Å². The molecule has 2 N–H and O–H groups in total. The lowest BCUT2D eigenvalue weighted by atomic mass is 10.1.